The normalized spacial score (nSPS) is 12.6. The lowest BCUT2D eigenvalue weighted by molar-refractivity contribution is 0.543. The van der Waals surface area contributed by atoms with Gasteiger partial charge in [-0.3, -0.25) is 4.68 Å². The number of rotatable bonds is 5. The van der Waals surface area contributed by atoms with Gasteiger partial charge in [-0.15, -0.1) is 5.10 Å². The van der Waals surface area contributed by atoms with Gasteiger partial charge in [-0.1, -0.05) is 35.9 Å². The van der Waals surface area contributed by atoms with E-state index in [4.69, 9.17) is 11.6 Å². The highest BCUT2D eigenvalue weighted by atomic mass is 35.5. The van der Waals surface area contributed by atoms with Crippen molar-refractivity contribution in [1.82, 2.24) is 20.3 Å². The van der Waals surface area contributed by atoms with E-state index in [0.717, 1.165) is 23.7 Å². The zero-order valence-electron chi connectivity index (χ0n) is 10.6. The van der Waals surface area contributed by atoms with Gasteiger partial charge in [0, 0.05) is 30.7 Å². The van der Waals surface area contributed by atoms with Crippen molar-refractivity contribution in [2.75, 3.05) is 6.54 Å². The van der Waals surface area contributed by atoms with Crippen LogP contribution < -0.4 is 5.32 Å². The zero-order valence-corrected chi connectivity index (χ0v) is 11.4. The van der Waals surface area contributed by atoms with E-state index in [1.54, 1.807) is 4.68 Å². The number of aryl methyl sites for hydroxylation is 1. The van der Waals surface area contributed by atoms with E-state index in [2.05, 4.69) is 28.6 Å². The van der Waals surface area contributed by atoms with Gasteiger partial charge in [0.15, 0.2) is 0 Å². The van der Waals surface area contributed by atoms with Crippen LogP contribution in [0.2, 0.25) is 5.02 Å². The average molecular weight is 265 g/mol. The minimum atomic E-state index is 0.213. The molecule has 0 spiro atoms. The quantitative estimate of drug-likeness (QED) is 0.902. The number of nitrogens with one attached hydrogen (secondary N) is 1. The minimum Gasteiger partial charge on any atom is -0.310 e. The molecule has 1 aromatic carbocycles. The summed E-state index contributed by atoms with van der Waals surface area (Å²) in [6, 6.07) is 8.14. The van der Waals surface area contributed by atoms with E-state index in [-0.39, 0.29) is 6.04 Å². The molecule has 2 aromatic rings. The highest BCUT2D eigenvalue weighted by Gasteiger charge is 2.13. The molecule has 2 rings (SSSR count). The van der Waals surface area contributed by atoms with Crippen molar-refractivity contribution < 1.29 is 0 Å². The maximum absolute atomic E-state index is 6.04. The third-order valence-electron chi connectivity index (χ3n) is 2.76. The molecule has 1 unspecified atom stereocenters. The largest absolute Gasteiger partial charge is 0.310 e. The standard InChI is InChI=1S/C13H17ClN4/c1-3-15-13(8-12-9-18(2)17-16-12)10-5-4-6-11(14)7-10/h4-7,9,13,15H,3,8H2,1-2H3. The van der Waals surface area contributed by atoms with Gasteiger partial charge in [0.2, 0.25) is 0 Å². The van der Waals surface area contributed by atoms with Gasteiger partial charge in [-0.05, 0) is 24.2 Å². The first-order valence-electron chi connectivity index (χ1n) is 6.03. The maximum Gasteiger partial charge on any atom is 0.0845 e. The van der Waals surface area contributed by atoms with E-state index in [9.17, 15) is 0 Å². The van der Waals surface area contributed by atoms with Gasteiger partial charge in [0.05, 0.1) is 5.69 Å². The number of nitrogens with zero attached hydrogens (tertiary/aromatic N) is 3. The Labute approximate surface area is 112 Å². The van der Waals surface area contributed by atoms with Gasteiger partial charge < -0.3 is 5.32 Å². The highest BCUT2D eigenvalue weighted by molar-refractivity contribution is 6.30. The monoisotopic (exact) mass is 264 g/mol. The molecule has 5 heteroatoms. The number of hydrogen-bond donors (Lipinski definition) is 1. The zero-order chi connectivity index (χ0) is 13.0. The van der Waals surface area contributed by atoms with E-state index in [1.807, 2.05) is 31.4 Å². The van der Waals surface area contributed by atoms with Crippen LogP contribution in [0.1, 0.15) is 24.2 Å². The van der Waals surface area contributed by atoms with Crippen LogP contribution in [-0.2, 0) is 13.5 Å². The third kappa shape index (κ3) is 3.31. The Morgan fingerprint density at radius 2 is 2.28 bits per heavy atom. The van der Waals surface area contributed by atoms with Crippen LogP contribution in [0.3, 0.4) is 0 Å². The summed E-state index contributed by atoms with van der Waals surface area (Å²) >= 11 is 6.04. The Balaban J connectivity index is 2.17. The second-order valence-corrected chi connectivity index (χ2v) is 4.69. The van der Waals surface area contributed by atoms with E-state index in [1.165, 1.54) is 5.56 Å². The molecule has 1 atom stereocenters. The van der Waals surface area contributed by atoms with Gasteiger partial charge in [-0.2, -0.15) is 0 Å². The molecule has 96 valence electrons. The smallest absolute Gasteiger partial charge is 0.0845 e. The number of benzene rings is 1. The van der Waals surface area contributed by atoms with E-state index >= 15 is 0 Å². The third-order valence-corrected chi connectivity index (χ3v) is 3.00. The lowest BCUT2D eigenvalue weighted by atomic mass is 10.0. The summed E-state index contributed by atoms with van der Waals surface area (Å²) < 4.78 is 1.72. The molecule has 1 aromatic heterocycles. The summed E-state index contributed by atoms with van der Waals surface area (Å²) in [5, 5.41) is 12.3. The summed E-state index contributed by atoms with van der Waals surface area (Å²) in [5.74, 6) is 0. The van der Waals surface area contributed by atoms with Gasteiger partial charge in [0.25, 0.3) is 0 Å². The number of aromatic nitrogens is 3. The Kier molecular flexibility index (Phi) is 4.33. The Bertz CT molecular complexity index is 509. The summed E-state index contributed by atoms with van der Waals surface area (Å²) in [4.78, 5) is 0. The van der Waals surface area contributed by atoms with Crippen molar-refractivity contribution in [2.45, 2.75) is 19.4 Å². The van der Waals surface area contributed by atoms with Crippen LogP contribution in [0.25, 0.3) is 0 Å². The molecule has 18 heavy (non-hydrogen) atoms. The molecule has 0 bridgehead atoms. The summed E-state index contributed by atoms with van der Waals surface area (Å²) in [7, 11) is 1.87. The molecule has 0 fully saturated rings. The topological polar surface area (TPSA) is 42.7 Å². The lowest BCUT2D eigenvalue weighted by Crippen LogP contribution is -2.23. The molecule has 0 radical (unpaired) electrons. The van der Waals surface area contributed by atoms with Crippen LogP contribution in [-0.4, -0.2) is 21.5 Å². The van der Waals surface area contributed by atoms with Crippen molar-refractivity contribution in [2.24, 2.45) is 7.05 Å². The molecule has 4 nitrogen and oxygen atoms in total. The van der Waals surface area contributed by atoms with Crippen LogP contribution in [0.5, 0.6) is 0 Å². The Morgan fingerprint density at radius 3 is 2.89 bits per heavy atom. The first kappa shape index (κ1) is 13.1. The predicted molar refractivity (Wildman–Crippen MR) is 72.6 cm³/mol. The molecule has 0 aliphatic carbocycles. The summed E-state index contributed by atoms with van der Waals surface area (Å²) in [6.07, 6.45) is 2.75. The average Bonchev–Trinajstić information content (AvgIpc) is 2.74. The Hall–Kier alpha value is -1.39. The molecular formula is C13H17ClN4. The second kappa shape index (κ2) is 5.98. The SMILES string of the molecule is CCNC(Cc1cn(C)nn1)c1cccc(Cl)c1. The molecule has 0 aliphatic rings. The van der Waals surface area contributed by atoms with Crippen LogP contribution in [0.15, 0.2) is 30.5 Å². The van der Waals surface area contributed by atoms with E-state index in [0.29, 0.717) is 0 Å². The fourth-order valence-electron chi connectivity index (χ4n) is 1.98. The van der Waals surface area contributed by atoms with Crippen LogP contribution >= 0.6 is 11.6 Å². The number of halogens is 1. The summed E-state index contributed by atoms with van der Waals surface area (Å²) in [6.45, 7) is 2.99. The molecule has 0 amide bonds. The molecular weight excluding hydrogens is 248 g/mol. The van der Waals surface area contributed by atoms with Crippen molar-refractivity contribution in [1.29, 1.82) is 0 Å². The van der Waals surface area contributed by atoms with Crippen molar-refractivity contribution in [3.63, 3.8) is 0 Å². The maximum atomic E-state index is 6.04. The fourth-order valence-corrected chi connectivity index (χ4v) is 2.17. The highest BCUT2D eigenvalue weighted by Crippen LogP contribution is 2.20. The van der Waals surface area contributed by atoms with Crippen molar-refractivity contribution in [3.05, 3.63) is 46.7 Å². The molecule has 1 N–H and O–H groups in total. The van der Waals surface area contributed by atoms with Crippen molar-refractivity contribution >= 4 is 11.6 Å². The molecule has 0 saturated carbocycles. The lowest BCUT2D eigenvalue weighted by Gasteiger charge is -2.17. The predicted octanol–water partition coefficient (Wildman–Crippen LogP) is 2.36. The second-order valence-electron chi connectivity index (χ2n) is 4.25. The number of likely N-dealkylation sites (N-methyl/N-ethyl adjacent to an activating group) is 1. The molecule has 0 saturated heterocycles. The van der Waals surface area contributed by atoms with Gasteiger partial charge in [0.1, 0.15) is 0 Å². The fraction of sp³-hybridized carbons (Fsp3) is 0.385. The Morgan fingerprint density at radius 1 is 1.44 bits per heavy atom. The van der Waals surface area contributed by atoms with Crippen molar-refractivity contribution in [3.8, 4) is 0 Å². The first-order chi connectivity index (χ1) is 8.69. The minimum absolute atomic E-state index is 0.213. The first-order valence-corrected chi connectivity index (χ1v) is 6.41. The van der Waals surface area contributed by atoms with Crippen LogP contribution in [0.4, 0.5) is 0 Å². The summed E-state index contributed by atoms with van der Waals surface area (Å²) in [5.41, 5.74) is 2.15. The van der Waals surface area contributed by atoms with E-state index < -0.39 is 0 Å². The molecule has 0 aliphatic heterocycles. The van der Waals surface area contributed by atoms with Crippen LogP contribution in [0, 0.1) is 0 Å². The number of hydrogen-bond acceptors (Lipinski definition) is 3. The van der Waals surface area contributed by atoms with Gasteiger partial charge >= 0.3 is 0 Å². The van der Waals surface area contributed by atoms with Gasteiger partial charge in [-0.25, -0.2) is 0 Å². The molecule has 1 heterocycles.